The number of hydrogen-bond acceptors (Lipinski definition) is 8. The molecule has 0 spiro atoms. The fourth-order valence-electron chi connectivity index (χ4n) is 8.90. The first-order valence-electron chi connectivity index (χ1n) is 24.1. The number of hydrogen-bond donors (Lipinski definition) is 0. The summed E-state index contributed by atoms with van der Waals surface area (Å²) in [6.45, 7) is 0.958. The number of fused-ring (bicyclic) bond motifs is 6. The largest absolute Gasteiger partial charge is 0.462 e. The predicted molar refractivity (Wildman–Crippen MR) is 303 cm³/mol. The third kappa shape index (κ3) is 13.1. The number of rotatable bonds is 16. The van der Waals surface area contributed by atoms with E-state index in [9.17, 15) is 19.2 Å². The lowest BCUT2D eigenvalue weighted by molar-refractivity contribution is 0.0464. The van der Waals surface area contributed by atoms with Crippen molar-refractivity contribution in [3.63, 3.8) is 0 Å². The standard InChI is InChI=1S/C33H28Cl2O4.C29H20Cl2O4.2CH4/c34-33(35)29-21-25(31(36)38-19-7-13-23-9-3-1-4-10-23)15-17-27(29)28-18-16-26(22-30(28)33)32(37)39-20-8-14-24-11-5-2-6-12-24;30-29(31)25-15-21(27(32)34-17-19-7-3-1-4-8-19)11-13-23(25)24-14-12-22(16-26(24)29)28(33)35-18-20-9-5-2-6-10-20;;/h1-6,9-12,15-18,21-22H,7-8,13-14,19-20H2;1-16H,17-18H2;2*1H4. The normalized spacial score (nSPS) is 12.6. The van der Waals surface area contributed by atoms with Gasteiger partial charge in [-0.25, -0.2) is 19.2 Å². The average molecular weight is 1090 g/mol. The van der Waals surface area contributed by atoms with Gasteiger partial charge in [0.1, 0.15) is 13.2 Å². The number of halogens is 4. The summed E-state index contributed by atoms with van der Waals surface area (Å²) in [6.07, 6.45) is 3.12. The van der Waals surface area contributed by atoms with Gasteiger partial charge in [0.05, 0.1) is 35.5 Å². The highest BCUT2D eigenvalue weighted by molar-refractivity contribution is 6.52. The molecular formula is C64H56Cl4O8. The van der Waals surface area contributed by atoms with E-state index in [2.05, 4.69) is 24.3 Å². The van der Waals surface area contributed by atoms with Crippen LogP contribution in [-0.2, 0) is 53.7 Å². The zero-order chi connectivity index (χ0) is 51.7. The van der Waals surface area contributed by atoms with Gasteiger partial charge in [0.15, 0.2) is 8.67 Å². The first kappa shape index (κ1) is 56.5. The van der Waals surface area contributed by atoms with Crippen LogP contribution < -0.4 is 0 Å². The van der Waals surface area contributed by atoms with E-state index in [1.165, 1.54) is 11.1 Å². The van der Waals surface area contributed by atoms with E-state index >= 15 is 0 Å². The van der Waals surface area contributed by atoms with Gasteiger partial charge in [-0.2, -0.15) is 0 Å². The van der Waals surface area contributed by atoms with Crippen LogP contribution in [0.1, 0.15) is 114 Å². The molecule has 8 aromatic rings. The van der Waals surface area contributed by atoms with Crippen LogP contribution in [0.15, 0.2) is 194 Å². The summed E-state index contributed by atoms with van der Waals surface area (Å²) in [5.41, 5.74) is 11.2. The van der Waals surface area contributed by atoms with E-state index in [4.69, 9.17) is 65.4 Å². The molecule has 2 aliphatic carbocycles. The van der Waals surface area contributed by atoms with Gasteiger partial charge >= 0.3 is 23.9 Å². The Labute approximate surface area is 464 Å². The number of carbonyl (C=O) groups is 4. The molecule has 0 aliphatic heterocycles. The van der Waals surface area contributed by atoms with Crippen molar-refractivity contribution >= 4 is 70.3 Å². The molecule has 0 saturated carbocycles. The fraction of sp³-hybridized carbons (Fsp3) is 0.188. The van der Waals surface area contributed by atoms with Gasteiger partial charge in [0.25, 0.3) is 0 Å². The highest BCUT2D eigenvalue weighted by Gasteiger charge is 2.42. The highest BCUT2D eigenvalue weighted by atomic mass is 35.5. The number of ether oxygens (including phenoxy) is 4. The minimum Gasteiger partial charge on any atom is -0.462 e. The Balaban J connectivity index is 0.000000217. The van der Waals surface area contributed by atoms with Gasteiger partial charge < -0.3 is 18.9 Å². The van der Waals surface area contributed by atoms with E-state index in [0.717, 1.165) is 59.1 Å². The van der Waals surface area contributed by atoms with Gasteiger partial charge in [-0.3, -0.25) is 0 Å². The molecule has 0 bridgehead atoms. The smallest absolute Gasteiger partial charge is 0.338 e. The summed E-state index contributed by atoms with van der Waals surface area (Å²) in [5, 5.41) is 0. The number of benzene rings is 8. The summed E-state index contributed by atoms with van der Waals surface area (Å²) in [5.74, 6) is -1.79. The number of alkyl halides is 4. The van der Waals surface area contributed by atoms with Crippen LogP contribution in [0.5, 0.6) is 0 Å². The summed E-state index contributed by atoms with van der Waals surface area (Å²) in [4.78, 5) is 50.8. The average Bonchev–Trinajstić information content (AvgIpc) is 3.86. The Morgan fingerprint density at radius 3 is 0.855 bits per heavy atom. The Kier molecular flexibility index (Phi) is 19.0. The van der Waals surface area contributed by atoms with Crippen LogP contribution in [-0.4, -0.2) is 37.1 Å². The van der Waals surface area contributed by atoms with Crippen molar-refractivity contribution in [2.45, 2.75) is 62.4 Å². The molecule has 0 heterocycles. The van der Waals surface area contributed by atoms with Crippen molar-refractivity contribution in [2.75, 3.05) is 13.2 Å². The molecule has 0 atom stereocenters. The Morgan fingerprint density at radius 1 is 0.329 bits per heavy atom. The fourth-order valence-corrected chi connectivity index (χ4v) is 10.2. The maximum atomic E-state index is 12.7. The van der Waals surface area contributed by atoms with Crippen LogP contribution >= 0.6 is 46.4 Å². The van der Waals surface area contributed by atoms with E-state index in [0.29, 0.717) is 57.7 Å². The van der Waals surface area contributed by atoms with E-state index < -0.39 is 32.5 Å². The lowest BCUT2D eigenvalue weighted by atomic mass is 10.0. The first-order valence-corrected chi connectivity index (χ1v) is 25.6. The second-order valence-electron chi connectivity index (χ2n) is 17.8. The molecule has 0 aromatic heterocycles. The molecule has 388 valence electrons. The predicted octanol–water partition coefficient (Wildman–Crippen LogP) is 16.3. The van der Waals surface area contributed by atoms with Crippen molar-refractivity contribution in [2.24, 2.45) is 0 Å². The quantitative estimate of drug-likeness (QED) is 0.0408. The third-order valence-electron chi connectivity index (χ3n) is 12.8. The van der Waals surface area contributed by atoms with Crippen LogP contribution in [0.2, 0.25) is 0 Å². The van der Waals surface area contributed by atoms with Crippen molar-refractivity contribution in [1.82, 2.24) is 0 Å². The lowest BCUT2D eigenvalue weighted by Gasteiger charge is -2.17. The number of aryl methyl sites for hydroxylation is 2. The topological polar surface area (TPSA) is 105 Å². The SMILES string of the molecule is C.C.O=C(OCCCc1ccccc1)c1ccc2c(c1)C(Cl)(Cl)c1cc(C(=O)OCCCc3ccccc3)ccc1-2.O=C(OCc1ccccc1)c1ccc2c(c1)C(Cl)(Cl)c1cc(C(=O)OCc3ccccc3)ccc1-2. The van der Waals surface area contributed by atoms with Crippen LogP contribution in [0.3, 0.4) is 0 Å². The molecule has 2 aliphatic rings. The number of esters is 4. The van der Waals surface area contributed by atoms with Crippen LogP contribution in [0.4, 0.5) is 0 Å². The van der Waals surface area contributed by atoms with Crippen molar-refractivity contribution < 1.29 is 38.1 Å². The molecule has 8 aromatic carbocycles. The molecule has 12 heteroatoms. The highest BCUT2D eigenvalue weighted by Crippen LogP contribution is 2.56. The third-order valence-corrected chi connectivity index (χ3v) is 14.4. The molecule has 0 radical (unpaired) electrons. The molecule has 0 saturated heterocycles. The van der Waals surface area contributed by atoms with Crippen molar-refractivity contribution in [1.29, 1.82) is 0 Å². The molecule has 76 heavy (non-hydrogen) atoms. The van der Waals surface area contributed by atoms with Crippen molar-refractivity contribution in [3.8, 4) is 22.3 Å². The second-order valence-corrected chi connectivity index (χ2v) is 20.4. The van der Waals surface area contributed by atoms with Gasteiger partial charge in [0, 0.05) is 22.3 Å². The Bertz CT molecular complexity index is 3090. The first-order chi connectivity index (χ1) is 35.9. The van der Waals surface area contributed by atoms with Crippen molar-refractivity contribution in [3.05, 3.63) is 261 Å². The molecule has 0 unspecified atom stereocenters. The zero-order valence-corrected chi connectivity index (χ0v) is 42.9. The second kappa shape index (κ2) is 25.6. The Morgan fingerprint density at radius 2 is 0.579 bits per heavy atom. The molecule has 8 nitrogen and oxygen atoms in total. The summed E-state index contributed by atoms with van der Waals surface area (Å²) in [6, 6.07) is 59.7. The van der Waals surface area contributed by atoms with Gasteiger partial charge in [-0.1, -0.05) is 207 Å². The zero-order valence-electron chi connectivity index (χ0n) is 39.9. The van der Waals surface area contributed by atoms with E-state index in [1.54, 1.807) is 60.7 Å². The lowest BCUT2D eigenvalue weighted by Crippen LogP contribution is -2.12. The van der Waals surface area contributed by atoms with Gasteiger partial charge in [-0.05, 0) is 119 Å². The monoisotopic (exact) mass is 1090 g/mol. The summed E-state index contributed by atoms with van der Waals surface area (Å²) < 4.78 is 19.0. The molecule has 10 rings (SSSR count). The summed E-state index contributed by atoms with van der Waals surface area (Å²) >= 11 is 27.2. The maximum Gasteiger partial charge on any atom is 0.338 e. The molecule has 0 amide bonds. The van der Waals surface area contributed by atoms with Gasteiger partial charge in [-0.15, -0.1) is 0 Å². The van der Waals surface area contributed by atoms with Gasteiger partial charge in [0.2, 0.25) is 0 Å². The van der Waals surface area contributed by atoms with E-state index in [-0.39, 0.29) is 28.1 Å². The molecule has 0 N–H and O–H groups in total. The Hall–Kier alpha value is -7.20. The molecule has 0 fully saturated rings. The number of carbonyl (C=O) groups excluding carboxylic acids is 4. The van der Waals surface area contributed by atoms with Crippen LogP contribution in [0, 0.1) is 0 Å². The minimum atomic E-state index is -1.43. The maximum absolute atomic E-state index is 12.7. The molecular weight excluding hydrogens is 1040 g/mol. The van der Waals surface area contributed by atoms with E-state index in [1.807, 2.05) is 109 Å². The summed E-state index contributed by atoms with van der Waals surface area (Å²) in [7, 11) is 0. The minimum absolute atomic E-state index is 0. The van der Waals surface area contributed by atoms with Crippen LogP contribution in [0.25, 0.3) is 22.3 Å².